The number of carbonyl (C=O) groups excluding carboxylic acids is 1. The molecule has 1 aliphatic carbocycles. The smallest absolute Gasteiger partial charge is 0.330 e. The lowest BCUT2D eigenvalue weighted by Crippen LogP contribution is -2.07. The molecular formula is C15H16N2O2S. The summed E-state index contributed by atoms with van der Waals surface area (Å²) in [6.07, 6.45) is 7.46. The minimum Gasteiger partial charge on any atom is -0.466 e. The van der Waals surface area contributed by atoms with Crippen LogP contribution >= 0.6 is 11.8 Å². The first kappa shape index (κ1) is 14.6. The van der Waals surface area contributed by atoms with Crippen molar-refractivity contribution in [2.45, 2.75) is 30.7 Å². The van der Waals surface area contributed by atoms with E-state index in [4.69, 9.17) is 0 Å². The third-order valence-corrected chi connectivity index (χ3v) is 4.10. The van der Waals surface area contributed by atoms with Crippen molar-refractivity contribution in [3.05, 3.63) is 35.0 Å². The number of thioether (sulfide) groups is 1. The molecular weight excluding hydrogens is 272 g/mol. The van der Waals surface area contributed by atoms with Crippen molar-refractivity contribution in [3.8, 4) is 6.07 Å². The second-order valence-electron chi connectivity index (χ2n) is 4.50. The quantitative estimate of drug-likeness (QED) is 0.484. The molecule has 0 atom stereocenters. The number of hydrogen-bond acceptors (Lipinski definition) is 5. The summed E-state index contributed by atoms with van der Waals surface area (Å²) < 4.78 is 4.52. The number of methoxy groups -OCH3 is 1. The van der Waals surface area contributed by atoms with E-state index in [-0.39, 0.29) is 5.97 Å². The van der Waals surface area contributed by atoms with Crippen molar-refractivity contribution in [2.75, 3.05) is 12.9 Å². The van der Waals surface area contributed by atoms with Gasteiger partial charge in [-0.15, -0.1) is 11.8 Å². The minimum absolute atomic E-state index is 0.371. The third kappa shape index (κ3) is 3.61. The summed E-state index contributed by atoms with van der Waals surface area (Å²) in [5.74, 6) is 0.222. The molecule has 0 unspecified atom stereocenters. The van der Waals surface area contributed by atoms with Crippen LogP contribution in [0.2, 0.25) is 0 Å². The van der Waals surface area contributed by atoms with Crippen LogP contribution in [0.25, 0.3) is 0 Å². The summed E-state index contributed by atoms with van der Waals surface area (Å²) >= 11 is 1.47. The van der Waals surface area contributed by atoms with Gasteiger partial charge in [0.05, 0.1) is 12.7 Å². The maximum atomic E-state index is 11.0. The number of pyridine rings is 1. The topological polar surface area (TPSA) is 63.0 Å². The average Bonchev–Trinajstić information content (AvgIpc) is 2.50. The Labute approximate surface area is 122 Å². The maximum Gasteiger partial charge on any atom is 0.330 e. The molecule has 5 heteroatoms. The van der Waals surface area contributed by atoms with Crippen LogP contribution in [0.1, 0.15) is 29.7 Å². The number of hydrogen-bond donors (Lipinski definition) is 0. The van der Waals surface area contributed by atoms with Crippen molar-refractivity contribution >= 4 is 17.7 Å². The van der Waals surface area contributed by atoms with Gasteiger partial charge in [0, 0.05) is 17.5 Å². The Balaban J connectivity index is 2.09. The number of carbonyl (C=O) groups is 1. The molecule has 0 N–H and O–H groups in total. The van der Waals surface area contributed by atoms with Gasteiger partial charge in [-0.3, -0.25) is 0 Å². The largest absolute Gasteiger partial charge is 0.466 e. The van der Waals surface area contributed by atoms with Crippen molar-refractivity contribution in [1.29, 1.82) is 5.26 Å². The molecule has 0 radical (unpaired) electrons. The lowest BCUT2D eigenvalue weighted by Gasteiger charge is -2.16. The van der Waals surface area contributed by atoms with Crippen LogP contribution in [0.5, 0.6) is 0 Å². The Morgan fingerprint density at radius 3 is 3.10 bits per heavy atom. The minimum atomic E-state index is -0.371. The molecule has 4 nitrogen and oxygen atoms in total. The summed E-state index contributed by atoms with van der Waals surface area (Å²) in [7, 11) is 1.35. The lowest BCUT2D eigenvalue weighted by atomic mass is 9.95. The predicted octanol–water partition coefficient (Wildman–Crippen LogP) is 2.65. The van der Waals surface area contributed by atoms with Crippen LogP contribution < -0.4 is 0 Å². The average molecular weight is 288 g/mol. The van der Waals surface area contributed by atoms with Gasteiger partial charge in [-0.25, -0.2) is 9.78 Å². The lowest BCUT2D eigenvalue weighted by molar-refractivity contribution is -0.134. The molecule has 0 aromatic carbocycles. The van der Waals surface area contributed by atoms with E-state index in [1.807, 2.05) is 6.07 Å². The first-order valence-electron chi connectivity index (χ1n) is 6.54. The highest BCUT2D eigenvalue weighted by molar-refractivity contribution is 7.99. The fourth-order valence-electron chi connectivity index (χ4n) is 2.14. The van der Waals surface area contributed by atoms with Gasteiger partial charge in [-0.05, 0) is 37.3 Å². The van der Waals surface area contributed by atoms with E-state index in [0.29, 0.717) is 11.3 Å². The van der Waals surface area contributed by atoms with Crippen LogP contribution in [-0.2, 0) is 22.4 Å². The zero-order valence-corrected chi connectivity index (χ0v) is 12.2. The maximum absolute atomic E-state index is 11.0. The highest BCUT2D eigenvalue weighted by Crippen LogP contribution is 2.27. The van der Waals surface area contributed by atoms with Crippen LogP contribution in [0.4, 0.5) is 0 Å². The molecule has 0 saturated carbocycles. The summed E-state index contributed by atoms with van der Waals surface area (Å²) in [6.45, 7) is 0. The fourth-order valence-corrected chi connectivity index (χ4v) is 2.93. The number of ether oxygens (including phenoxy) is 1. The normalized spacial score (nSPS) is 13.8. The molecule has 0 spiro atoms. The second kappa shape index (κ2) is 7.11. The van der Waals surface area contributed by atoms with E-state index in [1.54, 1.807) is 6.08 Å². The Bertz CT molecular complexity index is 576. The molecule has 0 amide bonds. The number of fused-ring (bicyclic) bond motifs is 1. The second-order valence-corrected chi connectivity index (χ2v) is 5.51. The molecule has 0 aliphatic heterocycles. The van der Waals surface area contributed by atoms with Gasteiger partial charge in [0.1, 0.15) is 11.1 Å². The number of nitriles is 1. The summed E-state index contributed by atoms with van der Waals surface area (Å²) in [5.41, 5.74) is 2.96. The molecule has 0 bridgehead atoms. The zero-order valence-electron chi connectivity index (χ0n) is 11.4. The van der Waals surface area contributed by atoms with Crippen molar-refractivity contribution in [2.24, 2.45) is 0 Å². The summed E-state index contributed by atoms with van der Waals surface area (Å²) in [5, 5.41) is 9.96. The van der Waals surface area contributed by atoms with E-state index in [0.717, 1.165) is 30.0 Å². The van der Waals surface area contributed by atoms with E-state index >= 15 is 0 Å². The van der Waals surface area contributed by atoms with Gasteiger partial charge in [-0.2, -0.15) is 5.26 Å². The molecule has 1 aromatic heterocycles. The Hall–Kier alpha value is -1.80. The predicted molar refractivity (Wildman–Crippen MR) is 77.5 cm³/mol. The highest BCUT2D eigenvalue weighted by Gasteiger charge is 2.15. The number of nitrogens with zero attached hydrogens (tertiary/aromatic N) is 2. The van der Waals surface area contributed by atoms with Crippen molar-refractivity contribution in [3.63, 3.8) is 0 Å². The van der Waals surface area contributed by atoms with E-state index in [9.17, 15) is 10.1 Å². The Morgan fingerprint density at radius 1 is 1.55 bits per heavy atom. The van der Waals surface area contributed by atoms with Crippen molar-refractivity contribution < 1.29 is 9.53 Å². The molecule has 0 saturated heterocycles. The summed E-state index contributed by atoms with van der Waals surface area (Å²) in [6, 6.07) is 4.17. The molecule has 0 fully saturated rings. The van der Waals surface area contributed by atoms with Crippen LogP contribution in [-0.4, -0.2) is 23.8 Å². The van der Waals surface area contributed by atoms with E-state index in [1.165, 1.54) is 36.9 Å². The van der Waals surface area contributed by atoms with E-state index < -0.39 is 0 Å². The van der Waals surface area contributed by atoms with Gasteiger partial charge in [0.15, 0.2) is 0 Å². The monoisotopic (exact) mass is 288 g/mol. The number of esters is 1. The molecule has 20 heavy (non-hydrogen) atoms. The fraction of sp³-hybridized carbons (Fsp3) is 0.400. The van der Waals surface area contributed by atoms with E-state index in [2.05, 4.69) is 15.8 Å². The number of aryl methyl sites for hydroxylation is 2. The molecule has 1 aliphatic rings. The van der Waals surface area contributed by atoms with Gasteiger partial charge >= 0.3 is 5.97 Å². The Kier molecular flexibility index (Phi) is 5.19. The van der Waals surface area contributed by atoms with Gasteiger partial charge in [0.2, 0.25) is 0 Å². The number of aromatic nitrogens is 1. The van der Waals surface area contributed by atoms with Crippen molar-refractivity contribution in [1.82, 2.24) is 4.98 Å². The first-order chi connectivity index (χ1) is 9.74. The van der Waals surface area contributed by atoms with Gasteiger partial charge in [-0.1, -0.05) is 6.08 Å². The Morgan fingerprint density at radius 2 is 2.35 bits per heavy atom. The SMILES string of the molecule is COC(=O)/C=C/CSc1nc2c(cc1C#N)CCCC2. The molecule has 104 valence electrons. The summed E-state index contributed by atoms with van der Waals surface area (Å²) in [4.78, 5) is 15.6. The molecule has 1 aromatic rings. The van der Waals surface area contributed by atoms with Gasteiger partial charge in [0.25, 0.3) is 0 Å². The highest BCUT2D eigenvalue weighted by atomic mass is 32.2. The van der Waals surface area contributed by atoms with Crippen LogP contribution in [0, 0.1) is 11.3 Å². The van der Waals surface area contributed by atoms with Crippen LogP contribution in [0.15, 0.2) is 23.2 Å². The third-order valence-electron chi connectivity index (χ3n) is 3.16. The standard InChI is InChI=1S/C15H16N2O2S/c1-19-14(18)7-4-8-20-15-12(10-16)9-11-5-2-3-6-13(11)17-15/h4,7,9H,2-3,5-6,8H2,1H3/b7-4+. The molecule has 2 rings (SSSR count). The van der Waals surface area contributed by atoms with Crippen LogP contribution in [0.3, 0.4) is 0 Å². The molecule has 1 heterocycles. The van der Waals surface area contributed by atoms with Gasteiger partial charge < -0.3 is 4.74 Å². The zero-order chi connectivity index (χ0) is 14.4. The first-order valence-corrected chi connectivity index (χ1v) is 7.53. The number of rotatable bonds is 4.